The Morgan fingerprint density at radius 1 is 1.88 bits per heavy atom. The van der Waals surface area contributed by atoms with Crippen LogP contribution in [0.4, 0.5) is 0 Å². The van der Waals surface area contributed by atoms with Crippen molar-refractivity contribution in [3.8, 4) is 6.07 Å². The molecule has 0 spiro atoms. The summed E-state index contributed by atoms with van der Waals surface area (Å²) in [6, 6.07) is 1.85. The smallest absolute Gasteiger partial charge is 0.131 e. The van der Waals surface area contributed by atoms with Gasteiger partial charge >= 0.3 is 0 Å². The zero-order valence-corrected chi connectivity index (χ0v) is 4.98. The number of hydrogen-bond acceptors (Lipinski definition) is 3. The lowest BCUT2D eigenvalue weighted by Crippen LogP contribution is -2.22. The summed E-state index contributed by atoms with van der Waals surface area (Å²) in [7, 11) is 0. The third-order valence-electron chi connectivity index (χ3n) is 1.13. The Morgan fingerprint density at radius 3 is 2.25 bits per heavy atom. The quantitative estimate of drug-likeness (QED) is 0.443. The van der Waals surface area contributed by atoms with Crippen LogP contribution in [0.1, 0.15) is 6.42 Å². The molecule has 2 unspecified atom stereocenters. The van der Waals surface area contributed by atoms with Crippen LogP contribution in [0.5, 0.6) is 0 Å². The first-order valence-corrected chi connectivity index (χ1v) is 2.08. The summed E-state index contributed by atoms with van der Waals surface area (Å²) in [6.45, 7) is 0. The lowest BCUT2D eigenvalue weighted by atomic mass is 10.4. The van der Waals surface area contributed by atoms with Crippen LogP contribution in [0.3, 0.4) is 0 Å². The van der Waals surface area contributed by atoms with Gasteiger partial charge in [-0.3, -0.25) is 0 Å². The second kappa shape index (κ2) is 1.90. The number of rotatable bonds is 0. The number of halogens is 1. The molecule has 1 saturated carbocycles. The molecule has 0 heterocycles. The van der Waals surface area contributed by atoms with Crippen LogP contribution in [-0.2, 0) is 0 Å². The van der Waals surface area contributed by atoms with E-state index in [1.165, 1.54) is 0 Å². The number of aliphatic hydroxyl groups is 1. The molecule has 0 saturated heterocycles. The van der Waals surface area contributed by atoms with E-state index >= 15 is 0 Å². The molecule has 2 atom stereocenters. The highest BCUT2D eigenvalue weighted by Gasteiger charge is 2.50. The topological polar surface area (TPSA) is 70.0 Å². The maximum Gasteiger partial charge on any atom is 0.131 e. The zero-order valence-electron chi connectivity index (χ0n) is 4.16. The van der Waals surface area contributed by atoms with Gasteiger partial charge in [-0.1, -0.05) is 0 Å². The molecule has 1 rings (SSSR count). The van der Waals surface area contributed by atoms with E-state index in [1.54, 1.807) is 0 Å². The molecule has 3 N–H and O–H groups in total. The number of nitriles is 1. The number of hydrogen-bond donors (Lipinski definition) is 2. The average molecular weight is 135 g/mol. The van der Waals surface area contributed by atoms with Crippen molar-refractivity contribution in [3.05, 3.63) is 0 Å². The zero-order chi connectivity index (χ0) is 5.49. The van der Waals surface area contributed by atoms with Crippen LogP contribution >= 0.6 is 12.4 Å². The van der Waals surface area contributed by atoms with Crippen molar-refractivity contribution in [2.24, 2.45) is 11.7 Å². The Kier molecular flexibility index (Phi) is 1.83. The second-order valence-electron chi connectivity index (χ2n) is 1.88. The maximum atomic E-state index is 8.65. The molecule has 4 heteroatoms. The SMILES string of the molecule is Cl.N#CC1CC1(N)O. The largest absolute Gasteiger partial charge is 0.375 e. The highest BCUT2D eigenvalue weighted by molar-refractivity contribution is 5.85. The molecule has 0 bridgehead atoms. The summed E-state index contributed by atoms with van der Waals surface area (Å²) < 4.78 is 0. The highest BCUT2D eigenvalue weighted by atomic mass is 35.5. The summed E-state index contributed by atoms with van der Waals surface area (Å²) in [6.07, 6.45) is 0.434. The van der Waals surface area contributed by atoms with Crippen molar-refractivity contribution >= 4 is 12.4 Å². The molecule has 1 fully saturated rings. The van der Waals surface area contributed by atoms with E-state index in [1.807, 2.05) is 6.07 Å². The number of nitrogens with zero attached hydrogens (tertiary/aromatic N) is 1. The van der Waals surface area contributed by atoms with Gasteiger partial charge in [0, 0.05) is 6.42 Å². The molecule has 0 aromatic rings. The average Bonchev–Trinajstić information content (AvgIpc) is 2.13. The van der Waals surface area contributed by atoms with Crippen molar-refractivity contribution in [3.63, 3.8) is 0 Å². The van der Waals surface area contributed by atoms with Crippen LogP contribution in [0.2, 0.25) is 0 Å². The molecule has 1 aliphatic carbocycles. The summed E-state index contributed by atoms with van der Waals surface area (Å²) in [4.78, 5) is 0. The van der Waals surface area contributed by atoms with Crippen molar-refractivity contribution in [1.82, 2.24) is 0 Å². The van der Waals surface area contributed by atoms with Gasteiger partial charge in [-0.05, 0) is 0 Å². The molecular weight excluding hydrogens is 128 g/mol. The van der Waals surface area contributed by atoms with Gasteiger partial charge in [0.25, 0.3) is 0 Å². The molecule has 0 radical (unpaired) electrons. The Balaban J connectivity index is 0.000000490. The van der Waals surface area contributed by atoms with Crippen molar-refractivity contribution in [2.75, 3.05) is 0 Å². The standard InChI is InChI=1S/C4H6N2O.ClH/c5-2-3-1-4(3,6)7;/h3,7H,1,6H2;1H. The minimum Gasteiger partial charge on any atom is -0.375 e. The van der Waals surface area contributed by atoms with Crippen molar-refractivity contribution in [2.45, 2.75) is 12.1 Å². The van der Waals surface area contributed by atoms with Gasteiger partial charge in [0.05, 0.1) is 12.0 Å². The normalized spacial score (nSPS) is 41.9. The molecule has 46 valence electrons. The van der Waals surface area contributed by atoms with Crippen LogP contribution in [0.15, 0.2) is 0 Å². The first-order valence-electron chi connectivity index (χ1n) is 2.08. The fourth-order valence-corrected chi connectivity index (χ4v) is 0.425. The first kappa shape index (κ1) is 7.70. The minimum atomic E-state index is -1.14. The number of nitrogens with two attached hydrogens (primary N) is 1. The van der Waals surface area contributed by atoms with Gasteiger partial charge in [0.2, 0.25) is 0 Å². The fraction of sp³-hybridized carbons (Fsp3) is 0.750. The molecule has 3 nitrogen and oxygen atoms in total. The first-order chi connectivity index (χ1) is 3.17. The van der Waals surface area contributed by atoms with E-state index in [4.69, 9.17) is 16.1 Å². The van der Waals surface area contributed by atoms with Crippen LogP contribution in [0.25, 0.3) is 0 Å². The van der Waals surface area contributed by atoms with E-state index in [0.717, 1.165) is 0 Å². The van der Waals surface area contributed by atoms with E-state index in [2.05, 4.69) is 0 Å². The van der Waals surface area contributed by atoms with Gasteiger partial charge in [0.1, 0.15) is 5.72 Å². The molecule has 0 aromatic heterocycles. The predicted molar refractivity (Wildman–Crippen MR) is 30.1 cm³/mol. The van der Waals surface area contributed by atoms with Crippen LogP contribution < -0.4 is 5.73 Å². The molecule has 0 aliphatic heterocycles. The second-order valence-corrected chi connectivity index (χ2v) is 1.88. The third kappa shape index (κ3) is 1.10. The molecular formula is C4H7ClN2O. The summed E-state index contributed by atoms with van der Waals surface area (Å²) in [5.41, 5.74) is 3.91. The fourth-order valence-electron chi connectivity index (χ4n) is 0.425. The highest BCUT2D eigenvalue weighted by Crippen LogP contribution is 2.36. The lowest BCUT2D eigenvalue weighted by molar-refractivity contribution is 0.148. The lowest BCUT2D eigenvalue weighted by Gasteiger charge is -1.91. The molecule has 0 aromatic carbocycles. The summed E-state index contributed by atoms with van der Waals surface area (Å²) >= 11 is 0. The monoisotopic (exact) mass is 134 g/mol. The molecule has 8 heavy (non-hydrogen) atoms. The van der Waals surface area contributed by atoms with Crippen molar-refractivity contribution in [1.29, 1.82) is 5.26 Å². The van der Waals surface area contributed by atoms with Gasteiger partial charge in [0.15, 0.2) is 0 Å². The Labute approximate surface area is 53.5 Å². The predicted octanol–water partition coefficient (Wildman–Crippen LogP) is -0.401. The van der Waals surface area contributed by atoms with Gasteiger partial charge in [-0.25, -0.2) is 0 Å². The summed E-state index contributed by atoms with van der Waals surface area (Å²) in [5.74, 6) is -0.313. The Bertz CT molecular complexity index is 128. The van der Waals surface area contributed by atoms with E-state index in [-0.39, 0.29) is 18.3 Å². The van der Waals surface area contributed by atoms with E-state index in [0.29, 0.717) is 6.42 Å². The van der Waals surface area contributed by atoms with Crippen LogP contribution in [0, 0.1) is 17.2 Å². The van der Waals surface area contributed by atoms with Crippen LogP contribution in [-0.4, -0.2) is 10.8 Å². The Morgan fingerprint density at radius 2 is 2.25 bits per heavy atom. The van der Waals surface area contributed by atoms with Gasteiger partial charge < -0.3 is 10.8 Å². The van der Waals surface area contributed by atoms with Gasteiger partial charge in [-0.15, -0.1) is 12.4 Å². The minimum absolute atomic E-state index is 0. The Hall–Kier alpha value is -0.300. The molecule has 1 aliphatic rings. The van der Waals surface area contributed by atoms with Gasteiger partial charge in [-0.2, -0.15) is 5.26 Å². The van der Waals surface area contributed by atoms with E-state index in [9.17, 15) is 0 Å². The van der Waals surface area contributed by atoms with E-state index < -0.39 is 5.72 Å². The van der Waals surface area contributed by atoms with Crippen molar-refractivity contribution < 1.29 is 5.11 Å². The summed E-state index contributed by atoms with van der Waals surface area (Å²) in [5, 5.41) is 16.7. The third-order valence-corrected chi connectivity index (χ3v) is 1.13. The molecule has 0 amide bonds. The maximum absolute atomic E-state index is 8.65.